The zero-order valence-corrected chi connectivity index (χ0v) is 11.6. The Labute approximate surface area is 112 Å². The molecule has 1 aromatic carbocycles. The van der Waals surface area contributed by atoms with Gasteiger partial charge in [-0.1, -0.05) is 12.1 Å². The van der Waals surface area contributed by atoms with Crippen LogP contribution in [-0.4, -0.2) is 39.5 Å². The van der Waals surface area contributed by atoms with Gasteiger partial charge < -0.3 is 10.1 Å². The predicted molar refractivity (Wildman–Crippen MR) is 72.1 cm³/mol. The summed E-state index contributed by atoms with van der Waals surface area (Å²) in [5.41, 5.74) is 0.464. The van der Waals surface area contributed by atoms with Gasteiger partial charge in [0.05, 0.1) is 24.2 Å². The zero-order chi connectivity index (χ0) is 13.9. The molecule has 0 saturated carbocycles. The Morgan fingerprint density at radius 2 is 2.16 bits per heavy atom. The first-order valence-electron chi connectivity index (χ1n) is 6.13. The molecule has 1 amide bonds. The van der Waals surface area contributed by atoms with Crippen LogP contribution in [-0.2, 0) is 9.84 Å². The summed E-state index contributed by atoms with van der Waals surface area (Å²) in [4.78, 5) is 12.0. The van der Waals surface area contributed by atoms with Crippen LogP contribution < -0.4 is 10.1 Å². The van der Waals surface area contributed by atoms with E-state index < -0.39 is 9.84 Å². The second-order valence-corrected chi connectivity index (χ2v) is 6.91. The summed E-state index contributed by atoms with van der Waals surface area (Å²) in [5.74, 6) is 0.686. The van der Waals surface area contributed by atoms with Gasteiger partial charge in [-0.3, -0.25) is 4.79 Å². The van der Waals surface area contributed by atoms with Crippen LogP contribution in [0.25, 0.3) is 0 Å². The second kappa shape index (κ2) is 5.61. The third-order valence-corrected chi connectivity index (χ3v) is 5.07. The molecule has 2 rings (SSSR count). The van der Waals surface area contributed by atoms with Gasteiger partial charge >= 0.3 is 0 Å². The average molecular weight is 283 g/mol. The summed E-state index contributed by atoms with van der Waals surface area (Å²) < 4.78 is 27.8. The van der Waals surface area contributed by atoms with Crippen LogP contribution >= 0.6 is 0 Å². The number of sulfone groups is 1. The molecule has 6 heteroatoms. The summed E-state index contributed by atoms with van der Waals surface area (Å²) in [7, 11) is -1.39. The van der Waals surface area contributed by atoms with Crippen molar-refractivity contribution in [1.29, 1.82) is 0 Å². The van der Waals surface area contributed by atoms with Crippen molar-refractivity contribution in [1.82, 2.24) is 5.32 Å². The summed E-state index contributed by atoms with van der Waals surface area (Å²) in [6.07, 6.45) is 0.620. The van der Waals surface area contributed by atoms with E-state index in [-0.39, 0.29) is 23.3 Å². The molecule has 1 aliphatic rings. The highest BCUT2D eigenvalue weighted by Crippen LogP contribution is 2.19. The van der Waals surface area contributed by atoms with Crippen molar-refractivity contribution in [3.63, 3.8) is 0 Å². The number of carbonyl (C=O) groups excluding carboxylic acids is 1. The third-order valence-electron chi connectivity index (χ3n) is 3.23. The number of methoxy groups -OCH3 is 1. The van der Waals surface area contributed by atoms with Gasteiger partial charge in [-0.25, -0.2) is 8.42 Å². The van der Waals surface area contributed by atoms with E-state index in [0.29, 0.717) is 24.3 Å². The van der Waals surface area contributed by atoms with Crippen LogP contribution in [0.2, 0.25) is 0 Å². The Hall–Kier alpha value is -1.56. The lowest BCUT2D eigenvalue weighted by atomic mass is 10.1. The predicted octanol–water partition coefficient (Wildman–Crippen LogP) is 0.860. The van der Waals surface area contributed by atoms with Gasteiger partial charge in [0.1, 0.15) is 5.75 Å². The van der Waals surface area contributed by atoms with Crippen molar-refractivity contribution in [3.05, 3.63) is 29.8 Å². The van der Waals surface area contributed by atoms with Crippen LogP contribution in [0, 0.1) is 5.92 Å². The first kappa shape index (κ1) is 13.9. The molecule has 0 aromatic heterocycles. The van der Waals surface area contributed by atoms with E-state index in [1.807, 2.05) is 0 Å². The Kier molecular flexibility index (Phi) is 4.09. The SMILES string of the molecule is COc1ccccc1C(=O)NC[C@@H]1CCS(=O)(=O)C1. The van der Waals surface area contributed by atoms with Crippen molar-refractivity contribution in [2.24, 2.45) is 5.92 Å². The molecule has 104 valence electrons. The molecule has 0 aliphatic carbocycles. The molecule has 1 heterocycles. The highest BCUT2D eigenvalue weighted by molar-refractivity contribution is 7.91. The van der Waals surface area contributed by atoms with Crippen LogP contribution in [0.4, 0.5) is 0 Å². The molecule has 1 aliphatic heterocycles. The van der Waals surface area contributed by atoms with Crippen molar-refractivity contribution in [3.8, 4) is 5.75 Å². The molecule has 19 heavy (non-hydrogen) atoms. The number of hydrogen-bond acceptors (Lipinski definition) is 4. The number of ether oxygens (including phenoxy) is 1. The van der Waals surface area contributed by atoms with E-state index >= 15 is 0 Å². The van der Waals surface area contributed by atoms with Gasteiger partial charge in [-0.15, -0.1) is 0 Å². The number of rotatable bonds is 4. The summed E-state index contributed by atoms with van der Waals surface area (Å²) >= 11 is 0. The van der Waals surface area contributed by atoms with Gasteiger partial charge in [-0.05, 0) is 24.5 Å². The molecule has 0 bridgehead atoms. The maximum atomic E-state index is 12.0. The van der Waals surface area contributed by atoms with E-state index in [1.54, 1.807) is 24.3 Å². The summed E-state index contributed by atoms with van der Waals surface area (Å²) in [5, 5.41) is 2.77. The van der Waals surface area contributed by atoms with Gasteiger partial charge in [0, 0.05) is 6.54 Å². The summed E-state index contributed by atoms with van der Waals surface area (Å²) in [6.45, 7) is 0.385. The fraction of sp³-hybridized carbons (Fsp3) is 0.462. The van der Waals surface area contributed by atoms with Crippen molar-refractivity contribution >= 4 is 15.7 Å². The molecule has 1 atom stereocenters. The number of amides is 1. The zero-order valence-electron chi connectivity index (χ0n) is 10.8. The van der Waals surface area contributed by atoms with Crippen LogP contribution in [0.15, 0.2) is 24.3 Å². The first-order chi connectivity index (χ1) is 9.02. The minimum Gasteiger partial charge on any atom is -0.496 e. The molecule has 1 N–H and O–H groups in total. The quantitative estimate of drug-likeness (QED) is 0.889. The lowest BCUT2D eigenvalue weighted by Gasteiger charge is -2.11. The second-order valence-electron chi connectivity index (χ2n) is 4.68. The lowest BCUT2D eigenvalue weighted by molar-refractivity contribution is 0.0945. The smallest absolute Gasteiger partial charge is 0.255 e. The molecule has 0 spiro atoms. The Bertz CT molecular complexity index is 568. The van der Waals surface area contributed by atoms with E-state index in [9.17, 15) is 13.2 Å². The molecule has 0 unspecified atom stereocenters. The number of carbonyl (C=O) groups is 1. The number of benzene rings is 1. The van der Waals surface area contributed by atoms with Crippen LogP contribution in [0.1, 0.15) is 16.8 Å². The third kappa shape index (κ3) is 3.47. The number of nitrogens with one attached hydrogen (secondary N) is 1. The van der Waals surface area contributed by atoms with Crippen LogP contribution in [0.3, 0.4) is 0 Å². The Morgan fingerprint density at radius 3 is 2.79 bits per heavy atom. The van der Waals surface area contributed by atoms with Crippen LogP contribution in [0.5, 0.6) is 5.75 Å². The molecular weight excluding hydrogens is 266 g/mol. The normalized spacial score (nSPS) is 21.0. The maximum absolute atomic E-state index is 12.0. The summed E-state index contributed by atoms with van der Waals surface area (Å²) in [6, 6.07) is 6.95. The van der Waals surface area contributed by atoms with E-state index in [1.165, 1.54) is 7.11 Å². The fourth-order valence-corrected chi connectivity index (χ4v) is 4.06. The van der Waals surface area contributed by atoms with Crippen molar-refractivity contribution in [2.45, 2.75) is 6.42 Å². The molecule has 1 aromatic rings. The number of para-hydroxylation sites is 1. The number of hydrogen-bond donors (Lipinski definition) is 1. The lowest BCUT2D eigenvalue weighted by Crippen LogP contribution is -2.30. The Balaban J connectivity index is 1.95. The monoisotopic (exact) mass is 283 g/mol. The minimum atomic E-state index is -2.90. The maximum Gasteiger partial charge on any atom is 0.255 e. The van der Waals surface area contributed by atoms with Gasteiger partial charge in [-0.2, -0.15) is 0 Å². The van der Waals surface area contributed by atoms with E-state index in [2.05, 4.69) is 5.32 Å². The molecule has 5 nitrogen and oxygen atoms in total. The largest absolute Gasteiger partial charge is 0.496 e. The molecular formula is C13H17NO4S. The van der Waals surface area contributed by atoms with Gasteiger partial charge in [0.15, 0.2) is 9.84 Å². The van der Waals surface area contributed by atoms with Gasteiger partial charge in [0.2, 0.25) is 0 Å². The standard InChI is InChI=1S/C13H17NO4S/c1-18-12-5-3-2-4-11(12)13(15)14-8-10-6-7-19(16,17)9-10/h2-5,10H,6-9H2,1H3,(H,14,15)/t10-/m0/s1. The minimum absolute atomic E-state index is 0.0173. The Morgan fingerprint density at radius 1 is 1.42 bits per heavy atom. The molecule has 1 fully saturated rings. The fourth-order valence-electron chi connectivity index (χ4n) is 2.20. The van der Waals surface area contributed by atoms with Gasteiger partial charge in [0.25, 0.3) is 5.91 Å². The van der Waals surface area contributed by atoms with E-state index in [4.69, 9.17) is 4.74 Å². The molecule has 0 radical (unpaired) electrons. The topological polar surface area (TPSA) is 72.5 Å². The molecule has 1 saturated heterocycles. The average Bonchev–Trinajstić information content (AvgIpc) is 2.75. The highest BCUT2D eigenvalue weighted by atomic mass is 32.2. The van der Waals surface area contributed by atoms with E-state index in [0.717, 1.165) is 0 Å². The highest BCUT2D eigenvalue weighted by Gasteiger charge is 2.28. The van der Waals surface area contributed by atoms with Crippen molar-refractivity contribution < 1.29 is 17.9 Å². The first-order valence-corrected chi connectivity index (χ1v) is 7.95. The van der Waals surface area contributed by atoms with Crippen molar-refractivity contribution in [2.75, 3.05) is 25.2 Å².